The van der Waals surface area contributed by atoms with Crippen LogP contribution in [0.15, 0.2) is 59.6 Å². The molecule has 0 unspecified atom stereocenters. The van der Waals surface area contributed by atoms with Crippen molar-refractivity contribution in [2.45, 2.75) is 0 Å². The van der Waals surface area contributed by atoms with Crippen LogP contribution in [0, 0.1) is 10.1 Å². The molecule has 2 aromatic rings. The SMILES string of the molecule is CN(C)C(=Nc1ccc([N+](=O)[O-])cc1)Oc1ccccc1. The van der Waals surface area contributed by atoms with Crippen molar-refractivity contribution in [2.24, 2.45) is 4.99 Å². The molecule has 2 aromatic carbocycles. The Balaban J connectivity index is 2.23. The third kappa shape index (κ3) is 4.04. The second-order valence-corrected chi connectivity index (χ2v) is 4.48. The van der Waals surface area contributed by atoms with Crippen LogP contribution < -0.4 is 4.74 Å². The summed E-state index contributed by atoms with van der Waals surface area (Å²) in [6.45, 7) is 0. The predicted molar refractivity (Wildman–Crippen MR) is 80.9 cm³/mol. The number of benzene rings is 2. The van der Waals surface area contributed by atoms with Crippen LogP contribution in [0.25, 0.3) is 0 Å². The molecule has 0 aliphatic heterocycles. The van der Waals surface area contributed by atoms with Crippen molar-refractivity contribution >= 4 is 17.4 Å². The number of ether oxygens (including phenoxy) is 1. The van der Waals surface area contributed by atoms with E-state index in [1.807, 2.05) is 44.4 Å². The minimum Gasteiger partial charge on any atom is -0.426 e. The zero-order valence-electron chi connectivity index (χ0n) is 11.8. The lowest BCUT2D eigenvalue weighted by molar-refractivity contribution is -0.384. The maximum Gasteiger partial charge on any atom is 0.297 e. The van der Waals surface area contributed by atoms with Gasteiger partial charge < -0.3 is 9.64 Å². The van der Waals surface area contributed by atoms with Gasteiger partial charge in [-0.15, -0.1) is 0 Å². The van der Waals surface area contributed by atoms with Crippen molar-refractivity contribution in [3.8, 4) is 5.75 Å². The number of amidine groups is 1. The van der Waals surface area contributed by atoms with Gasteiger partial charge in [0.2, 0.25) is 0 Å². The van der Waals surface area contributed by atoms with E-state index in [9.17, 15) is 10.1 Å². The Kier molecular flexibility index (Phi) is 4.50. The fourth-order valence-corrected chi connectivity index (χ4v) is 1.57. The van der Waals surface area contributed by atoms with Gasteiger partial charge in [0.25, 0.3) is 11.7 Å². The maximum absolute atomic E-state index is 10.6. The summed E-state index contributed by atoms with van der Waals surface area (Å²) in [4.78, 5) is 16.3. The van der Waals surface area contributed by atoms with Crippen molar-refractivity contribution in [3.05, 3.63) is 64.7 Å². The lowest BCUT2D eigenvalue weighted by Crippen LogP contribution is -2.27. The number of nitro groups is 1. The summed E-state index contributed by atoms with van der Waals surface area (Å²) < 4.78 is 5.70. The molecule has 0 atom stereocenters. The Morgan fingerprint density at radius 2 is 1.71 bits per heavy atom. The molecule has 0 bridgehead atoms. The van der Waals surface area contributed by atoms with Crippen molar-refractivity contribution in [2.75, 3.05) is 14.1 Å². The molecule has 0 spiro atoms. The highest BCUT2D eigenvalue weighted by atomic mass is 16.6. The molecule has 0 amide bonds. The van der Waals surface area contributed by atoms with Crippen molar-refractivity contribution in [3.63, 3.8) is 0 Å². The third-order valence-corrected chi connectivity index (χ3v) is 2.62. The quantitative estimate of drug-likeness (QED) is 0.376. The van der Waals surface area contributed by atoms with Gasteiger partial charge in [0, 0.05) is 26.2 Å². The minimum atomic E-state index is -0.444. The zero-order valence-corrected chi connectivity index (χ0v) is 11.8. The monoisotopic (exact) mass is 285 g/mol. The molecule has 2 rings (SSSR count). The van der Waals surface area contributed by atoms with E-state index >= 15 is 0 Å². The molecule has 0 N–H and O–H groups in total. The summed E-state index contributed by atoms with van der Waals surface area (Å²) in [5.74, 6) is 0.673. The van der Waals surface area contributed by atoms with Crippen LogP contribution in [-0.4, -0.2) is 29.9 Å². The molecule has 0 saturated carbocycles. The van der Waals surface area contributed by atoms with Gasteiger partial charge in [-0.3, -0.25) is 10.1 Å². The Bertz CT molecular complexity index is 637. The van der Waals surface area contributed by atoms with Gasteiger partial charge in [-0.25, -0.2) is 0 Å². The van der Waals surface area contributed by atoms with Crippen LogP contribution in [0.4, 0.5) is 11.4 Å². The smallest absolute Gasteiger partial charge is 0.297 e. The Morgan fingerprint density at radius 1 is 1.10 bits per heavy atom. The Morgan fingerprint density at radius 3 is 2.24 bits per heavy atom. The van der Waals surface area contributed by atoms with Gasteiger partial charge in [0.15, 0.2) is 0 Å². The average Bonchev–Trinajstić information content (AvgIpc) is 2.48. The molecule has 0 aliphatic rings. The molecule has 6 nitrogen and oxygen atoms in total. The van der Waals surface area contributed by atoms with Crippen LogP contribution >= 0.6 is 0 Å². The van der Waals surface area contributed by atoms with E-state index < -0.39 is 4.92 Å². The van der Waals surface area contributed by atoms with Gasteiger partial charge in [-0.2, -0.15) is 4.99 Å². The summed E-state index contributed by atoms with van der Waals surface area (Å²) in [6, 6.07) is 15.7. The van der Waals surface area contributed by atoms with Crippen LogP contribution in [0.1, 0.15) is 0 Å². The number of aliphatic imine (C=N–C) groups is 1. The molecular formula is C15H15N3O3. The molecule has 0 aliphatic carbocycles. The highest BCUT2D eigenvalue weighted by Gasteiger charge is 2.08. The van der Waals surface area contributed by atoms with E-state index in [0.29, 0.717) is 17.5 Å². The first kappa shape index (κ1) is 14.5. The first-order valence-electron chi connectivity index (χ1n) is 6.29. The molecule has 0 heterocycles. The molecule has 0 aromatic heterocycles. The standard InChI is InChI=1S/C15H15N3O3/c1-17(2)15(21-14-6-4-3-5-7-14)16-12-8-10-13(11-9-12)18(19)20/h3-11H,1-2H3. The van der Waals surface area contributed by atoms with E-state index in [4.69, 9.17) is 4.74 Å². The molecule has 6 heteroatoms. The lowest BCUT2D eigenvalue weighted by Gasteiger charge is -2.15. The highest BCUT2D eigenvalue weighted by Crippen LogP contribution is 2.19. The van der Waals surface area contributed by atoms with E-state index in [0.717, 1.165) is 0 Å². The van der Waals surface area contributed by atoms with Crippen LogP contribution in [0.2, 0.25) is 0 Å². The topological polar surface area (TPSA) is 68.0 Å². The third-order valence-electron chi connectivity index (χ3n) is 2.62. The van der Waals surface area contributed by atoms with Gasteiger partial charge >= 0.3 is 0 Å². The minimum absolute atomic E-state index is 0.0318. The first-order chi connectivity index (χ1) is 10.1. The average molecular weight is 285 g/mol. The molecule has 0 fully saturated rings. The number of nitrogens with zero attached hydrogens (tertiary/aromatic N) is 3. The number of nitro benzene ring substituents is 1. The zero-order chi connectivity index (χ0) is 15.2. The van der Waals surface area contributed by atoms with E-state index in [2.05, 4.69) is 4.99 Å². The van der Waals surface area contributed by atoms with Crippen LogP contribution in [-0.2, 0) is 0 Å². The number of para-hydroxylation sites is 1. The van der Waals surface area contributed by atoms with Crippen molar-refractivity contribution in [1.29, 1.82) is 0 Å². The van der Waals surface area contributed by atoms with Gasteiger partial charge in [0.1, 0.15) is 5.75 Å². The van der Waals surface area contributed by atoms with E-state index in [-0.39, 0.29) is 5.69 Å². The predicted octanol–water partition coefficient (Wildman–Crippen LogP) is 3.22. The molecule has 0 radical (unpaired) electrons. The second kappa shape index (κ2) is 6.51. The summed E-state index contributed by atoms with van der Waals surface area (Å²) in [5.41, 5.74) is 0.615. The Hall–Kier alpha value is -2.89. The summed E-state index contributed by atoms with van der Waals surface area (Å²) in [5, 5.41) is 10.6. The van der Waals surface area contributed by atoms with Crippen molar-refractivity contribution < 1.29 is 9.66 Å². The highest BCUT2D eigenvalue weighted by molar-refractivity contribution is 5.79. The summed E-state index contributed by atoms with van der Waals surface area (Å²) >= 11 is 0. The molecule has 108 valence electrons. The van der Waals surface area contributed by atoms with Gasteiger partial charge in [0.05, 0.1) is 10.6 Å². The van der Waals surface area contributed by atoms with Gasteiger partial charge in [-0.1, -0.05) is 18.2 Å². The summed E-state index contributed by atoms with van der Waals surface area (Å²) in [7, 11) is 3.63. The maximum atomic E-state index is 10.6. The van der Waals surface area contributed by atoms with E-state index in [1.165, 1.54) is 12.1 Å². The Labute approximate surface area is 122 Å². The van der Waals surface area contributed by atoms with E-state index in [1.54, 1.807) is 17.0 Å². The molecule has 0 saturated heterocycles. The molecular weight excluding hydrogens is 270 g/mol. The fraction of sp³-hybridized carbons (Fsp3) is 0.133. The number of hydrogen-bond acceptors (Lipinski definition) is 4. The fourth-order valence-electron chi connectivity index (χ4n) is 1.57. The first-order valence-corrected chi connectivity index (χ1v) is 6.29. The number of hydrogen-bond donors (Lipinski definition) is 0. The van der Waals surface area contributed by atoms with Gasteiger partial charge in [-0.05, 0) is 24.3 Å². The van der Waals surface area contributed by atoms with Crippen LogP contribution in [0.3, 0.4) is 0 Å². The number of rotatable bonds is 3. The largest absolute Gasteiger partial charge is 0.426 e. The van der Waals surface area contributed by atoms with Crippen LogP contribution in [0.5, 0.6) is 5.75 Å². The lowest BCUT2D eigenvalue weighted by atomic mass is 10.3. The van der Waals surface area contributed by atoms with Crippen molar-refractivity contribution in [1.82, 2.24) is 4.90 Å². The molecule has 21 heavy (non-hydrogen) atoms. The summed E-state index contributed by atoms with van der Waals surface area (Å²) in [6.07, 6.45) is 0. The normalized spacial score (nSPS) is 11.0. The number of non-ortho nitro benzene ring substituents is 1. The second-order valence-electron chi connectivity index (χ2n) is 4.48.